The Bertz CT molecular complexity index is 636. The zero-order valence-electron chi connectivity index (χ0n) is 11.1. The van der Waals surface area contributed by atoms with Crippen LogP contribution < -0.4 is 9.46 Å². The summed E-state index contributed by atoms with van der Waals surface area (Å²) in [6, 6.07) is 7.68. The predicted molar refractivity (Wildman–Crippen MR) is 82.3 cm³/mol. The molecule has 0 aliphatic carbocycles. The molecule has 2 aromatic heterocycles. The lowest BCUT2D eigenvalue weighted by Gasteiger charge is -2.01. The van der Waals surface area contributed by atoms with E-state index in [1.165, 1.54) is 19.1 Å². The largest absolute Gasteiger partial charge is 0.618 e. The third kappa shape index (κ3) is 4.64. The molecule has 0 fully saturated rings. The molecule has 0 aliphatic heterocycles. The van der Waals surface area contributed by atoms with Crippen molar-refractivity contribution in [3.05, 3.63) is 71.5 Å². The highest BCUT2D eigenvalue weighted by Gasteiger charge is 2.14. The van der Waals surface area contributed by atoms with Crippen LogP contribution in [0.2, 0.25) is 0 Å². The van der Waals surface area contributed by atoms with Crippen molar-refractivity contribution in [2.75, 3.05) is 0 Å². The normalized spacial score (nSPS) is 9.71. The lowest BCUT2D eigenvalue weighted by atomic mass is 10.3. The Labute approximate surface area is 137 Å². The molecule has 0 unspecified atom stereocenters. The van der Waals surface area contributed by atoms with Crippen LogP contribution in [-0.4, -0.2) is 4.92 Å². The van der Waals surface area contributed by atoms with Gasteiger partial charge in [0.05, 0.1) is 17.1 Å². The maximum Gasteiger partial charge on any atom is 0.283 e. The number of aromatic nitrogens is 2. The van der Waals surface area contributed by atoms with E-state index in [0.717, 1.165) is 4.73 Å². The Morgan fingerprint density at radius 2 is 1.57 bits per heavy atom. The summed E-state index contributed by atoms with van der Waals surface area (Å²) in [5, 5.41) is 32.1. The van der Waals surface area contributed by atoms with Crippen LogP contribution >= 0.6 is 31.9 Å². The van der Waals surface area contributed by atoms with Gasteiger partial charge < -0.3 is 10.4 Å². The van der Waals surface area contributed by atoms with Gasteiger partial charge in [-0.2, -0.15) is 9.46 Å². The Kier molecular flexibility index (Phi) is 6.03. The molecule has 0 saturated carbocycles. The summed E-state index contributed by atoms with van der Waals surface area (Å²) in [5.41, 5.74) is 0.895. The number of halogens is 2. The van der Waals surface area contributed by atoms with E-state index in [1.54, 1.807) is 19.1 Å². The number of hydrogen-bond donors (Lipinski definition) is 0. The van der Waals surface area contributed by atoms with Crippen LogP contribution in [0.5, 0.6) is 0 Å². The molecule has 0 bridgehead atoms. The van der Waals surface area contributed by atoms with Gasteiger partial charge in [0.2, 0.25) is 0 Å². The molecule has 0 atom stereocenters. The molecule has 7 nitrogen and oxygen atoms in total. The molecule has 0 N–H and O–H groups in total. The minimum atomic E-state index is -0.544. The first kappa shape index (κ1) is 17.3. The predicted octanol–water partition coefficient (Wildman–Crippen LogP) is 2.69. The second-order valence-corrected chi connectivity index (χ2v) is 5.64. The Morgan fingerprint density at radius 1 is 1.00 bits per heavy atom. The molecule has 0 saturated heterocycles. The number of nitro groups is 1. The van der Waals surface area contributed by atoms with Gasteiger partial charge >= 0.3 is 0 Å². The van der Waals surface area contributed by atoms with Crippen LogP contribution in [0.3, 0.4) is 0 Å². The lowest BCUT2D eigenvalue weighted by molar-refractivity contribution is -0.624. The first-order valence-electron chi connectivity index (χ1n) is 5.63. The number of nitrogens with zero attached hydrogens (tertiary/aromatic N) is 3. The van der Waals surface area contributed by atoms with Gasteiger partial charge in [0.25, 0.3) is 14.9 Å². The first-order valence-corrected chi connectivity index (χ1v) is 7.21. The molecule has 2 rings (SSSR count). The summed E-state index contributed by atoms with van der Waals surface area (Å²) >= 11 is 6.01. The van der Waals surface area contributed by atoms with Gasteiger partial charge in [-0.1, -0.05) is 0 Å². The molecule has 2 heterocycles. The molecule has 0 aliphatic rings. The van der Waals surface area contributed by atoms with E-state index in [1.807, 2.05) is 6.07 Å². The highest BCUT2D eigenvalue weighted by molar-refractivity contribution is 9.10. The Hall–Kier alpha value is -1.74. The molecule has 21 heavy (non-hydrogen) atoms. The quantitative estimate of drug-likeness (QED) is 0.233. The van der Waals surface area contributed by atoms with E-state index in [0.29, 0.717) is 15.0 Å². The molecule has 0 spiro atoms. The monoisotopic (exact) mass is 419 g/mol. The van der Waals surface area contributed by atoms with E-state index >= 15 is 0 Å². The number of aryl methyl sites for hydroxylation is 2. The van der Waals surface area contributed by atoms with Gasteiger partial charge in [-0.3, -0.25) is 10.1 Å². The van der Waals surface area contributed by atoms with Crippen molar-refractivity contribution >= 4 is 37.5 Å². The van der Waals surface area contributed by atoms with Crippen LogP contribution in [0.15, 0.2) is 39.5 Å². The molecule has 0 amide bonds. The van der Waals surface area contributed by atoms with E-state index in [-0.39, 0.29) is 16.0 Å². The summed E-state index contributed by atoms with van der Waals surface area (Å²) in [4.78, 5) is 9.75. The highest BCUT2D eigenvalue weighted by Crippen LogP contribution is 2.15. The highest BCUT2D eigenvalue weighted by atomic mass is 79.9. The van der Waals surface area contributed by atoms with E-state index in [9.17, 15) is 20.5 Å². The molecule has 112 valence electrons. The van der Waals surface area contributed by atoms with Gasteiger partial charge in [-0.25, -0.2) is 0 Å². The Balaban J connectivity index is 0.000000219. The SMILES string of the molecule is Cc1cc([N+](=O)[O-])cc(Br)[n+]1[O-].Cc1cccc(Br)[n+]1[O-]. The smallest absolute Gasteiger partial charge is 0.283 e. The third-order valence-electron chi connectivity index (χ3n) is 2.43. The maximum absolute atomic E-state index is 11.0. The lowest BCUT2D eigenvalue weighted by Crippen LogP contribution is -2.31. The maximum atomic E-state index is 11.0. The molecule has 2 aromatic rings. The number of pyridine rings is 2. The molecule has 0 radical (unpaired) electrons. The summed E-state index contributed by atoms with van der Waals surface area (Å²) in [7, 11) is 0. The third-order valence-corrected chi connectivity index (χ3v) is 3.57. The summed E-state index contributed by atoms with van der Waals surface area (Å²) < 4.78 is 2.12. The van der Waals surface area contributed by atoms with Gasteiger partial charge in [-0.05, 0) is 6.07 Å². The number of hydrogen-bond acceptors (Lipinski definition) is 4. The van der Waals surface area contributed by atoms with Crippen LogP contribution in [0.25, 0.3) is 0 Å². The van der Waals surface area contributed by atoms with Crippen molar-refractivity contribution in [2.24, 2.45) is 0 Å². The van der Waals surface area contributed by atoms with Crippen molar-refractivity contribution in [2.45, 2.75) is 13.8 Å². The van der Waals surface area contributed by atoms with Crippen molar-refractivity contribution in [3.63, 3.8) is 0 Å². The van der Waals surface area contributed by atoms with Crippen LogP contribution in [0, 0.1) is 34.4 Å². The molecule has 0 aromatic carbocycles. The minimum absolute atomic E-state index is 0.0912. The standard InChI is InChI=1S/C6H5BrN2O3.C6H6BrNO/c1-4-2-5(9(11)12)3-6(7)8(4)10;1-5-3-2-4-6(7)8(5)9/h2-3H,1H3;2-4H,1H3. The first-order chi connectivity index (χ1) is 9.73. The second kappa shape index (κ2) is 7.32. The van der Waals surface area contributed by atoms with Gasteiger partial charge in [0.15, 0.2) is 11.4 Å². The summed E-state index contributed by atoms with van der Waals surface area (Å²) in [6.45, 7) is 3.27. The van der Waals surface area contributed by atoms with Crippen molar-refractivity contribution in [1.82, 2.24) is 0 Å². The second-order valence-electron chi connectivity index (χ2n) is 4.01. The van der Waals surface area contributed by atoms with Crippen molar-refractivity contribution in [1.29, 1.82) is 0 Å². The zero-order chi connectivity index (χ0) is 16.2. The van der Waals surface area contributed by atoms with E-state index < -0.39 is 4.92 Å². The Morgan fingerprint density at radius 3 is 2.00 bits per heavy atom. The fourth-order valence-electron chi connectivity index (χ4n) is 1.34. The average molecular weight is 421 g/mol. The summed E-state index contributed by atoms with van der Waals surface area (Å²) in [5.74, 6) is 0. The van der Waals surface area contributed by atoms with E-state index in [2.05, 4.69) is 31.9 Å². The topological polar surface area (TPSA) is 97.0 Å². The minimum Gasteiger partial charge on any atom is -0.618 e. The van der Waals surface area contributed by atoms with Crippen LogP contribution in [0.1, 0.15) is 11.4 Å². The molecule has 9 heteroatoms. The van der Waals surface area contributed by atoms with Crippen LogP contribution in [-0.2, 0) is 0 Å². The fourth-order valence-corrected chi connectivity index (χ4v) is 2.29. The van der Waals surface area contributed by atoms with Gasteiger partial charge in [-0.15, -0.1) is 0 Å². The fraction of sp³-hybridized carbons (Fsp3) is 0.167. The van der Waals surface area contributed by atoms with E-state index in [4.69, 9.17) is 0 Å². The summed E-state index contributed by atoms with van der Waals surface area (Å²) in [6.07, 6.45) is 0. The molecular formula is C12H11Br2N3O4. The molecular weight excluding hydrogens is 410 g/mol. The van der Waals surface area contributed by atoms with Crippen LogP contribution in [0.4, 0.5) is 5.69 Å². The van der Waals surface area contributed by atoms with Crippen molar-refractivity contribution in [3.8, 4) is 0 Å². The zero-order valence-corrected chi connectivity index (χ0v) is 14.3. The average Bonchev–Trinajstić information content (AvgIpc) is 2.42. The van der Waals surface area contributed by atoms with Gasteiger partial charge in [0, 0.05) is 57.8 Å². The van der Waals surface area contributed by atoms with Crippen molar-refractivity contribution < 1.29 is 14.4 Å². The number of rotatable bonds is 1. The van der Waals surface area contributed by atoms with Gasteiger partial charge in [0.1, 0.15) is 0 Å².